The number of rotatable bonds is 4. The van der Waals surface area contributed by atoms with Crippen LogP contribution >= 0.6 is 81.2 Å². The van der Waals surface area contributed by atoms with Crippen molar-refractivity contribution in [1.82, 2.24) is 0 Å². The first-order valence-electron chi connectivity index (χ1n) is 7.05. The van der Waals surface area contributed by atoms with E-state index in [-0.39, 0.29) is 26.4 Å². The van der Waals surface area contributed by atoms with Crippen molar-refractivity contribution < 1.29 is 34.4 Å². The van der Waals surface area contributed by atoms with Crippen LogP contribution in [-0.2, 0) is 0 Å². The van der Waals surface area contributed by atoms with E-state index in [0.29, 0.717) is 0 Å². The fourth-order valence-corrected chi connectivity index (χ4v) is 3.91. The maximum absolute atomic E-state index is 10.8. The van der Waals surface area contributed by atoms with Crippen LogP contribution in [0, 0.1) is 0 Å². The van der Waals surface area contributed by atoms with E-state index < -0.39 is 49.1 Å². The first-order valence-corrected chi connectivity index (χ1v) is 9.69. The predicted octanol–water partition coefficient (Wildman–Crippen LogP) is 7.05. The molecule has 0 saturated carbocycles. The van der Waals surface area contributed by atoms with E-state index in [4.69, 9.17) is 101 Å². The molecule has 2 rings (SSSR count). The summed E-state index contributed by atoms with van der Waals surface area (Å²) >= 11 is 39.5. The Kier molecular flexibility index (Phi) is 9.63. The van der Waals surface area contributed by atoms with Gasteiger partial charge in [-0.3, -0.25) is 0 Å². The molecule has 0 heterocycles. The van der Waals surface area contributed by atoms with Crippen molar-refractivity contribution in [3.63, 3.8) is 0 Å². The standard InChI is InChI=1S/C8H2Cl4O4.C8H5Cl3O3/c9-3-1(7(13)14)4(10)6(12)2(5(3)11)8(15)16;1-14-7-4(10)2-3(9)6(11)5(7)8(12)13/h(H,13,14)(H,15,16);2H,1H3,(H,12,13). The molecule has 0 spiro atoms. The van der Waals surface area contributed by atoms with E-state index in [0.717, 1.165) is 0 Å². The molecule has 0 radical (unpaired) electrons. The van der Waals surface area contributed by atoms with Gasteiger partial charge in [-0.05, 0) is 6.07 Å². The SMILES string of the molecule is COc1c(Cl)cc(Cl)c(Cl)c1C(=O)O.O=C(O)c1c(Cl)c(Cl)c(C(=O)O)c(Cl)c1Cl. The highest BCUT2D eigenvalue weighted by atomic mass is 35.5. The Labute approximate surface area is 203 Å². The molecular formula is C16H7Cl7O7. The zero-order chi connectivity index (χ0) is 23.5. The first-order chi connectivity index (χ1) is 13.8. The summed E-state index contributed by atoms with van der Waals surface area (Å²) in [5, 5.41) is 24.7. The molecule has 0 unspecified atom stereocenters. The summed E-state index contributed by atoms with van der Waals surface area (Å²) in [6, 6.07) is 1.33. The third-order valence-electron chi connectivity index (χ3n) is 3.24. The summed E-state index contributed by atoms with van der Waals surface area (Å²) in [6.07, 6.45) is 0. The molecule has 0 saturated heterocycles. The van der Waals surface area contributed by atoms with Gasteiger partial charge in [-0.2, -0.15) is 0 Å². The van der Waals surface area contributed by atoms with Crippen LogP contribution in [0.4, 0.5) is 0 Å². The molecular weight excluding hydrogens is 552 g/mol. The van der Waals surface area contributed by atoms with Crippen molar-refractivity contribution >= 4 is 99.1 Å². The van der Waals surface area contributed by atoms with E-state index in [2.05, 4.69) is 0 Å². The largest absolute Gasteiger partial charge is 0.494 e. The van der Waals surface area contributed by atoms with Gasteiger partial charge in [0.05, 0.1) is 53.4 Å². The maximum atomic E-state index is 10.8. The molecule has 0 fully saturated rings. The lowest BCUT2D eigenvalue weighted by atomic mass is 10.1. The number of ether oxygens (including phenoxy) is 1. The van der Waals surface area contributed by atoms with Gasteiger partial charge >= 0.3 is 17.9 Å². The van der Waals surface area contributed by atoms with Gasteiger partial charge in [0.2, 0.25) is 0 Å². The van der Waals surface area contributed by atoms with Gasteiger partial charge in [0.15, 0.2) is 5.75 Å². The van der Waals surface area contributed by atoms with E-state index in [9.17, 15) is 14.4 Å². The predicted molar refractivity (Wildman–Crippen MR) is 115 cm³/mol. The van der Waals surface area contributed by atoms with Crippen LogP contribution in [0.1, 0.15) is 31.1 Å². The van der Waals surface area contributed by atoms with Crippen LogP contribution in [0.25, 0.3) is 0 Å². The summed E-state index contributed by atoms with van der Waals surface area (Å²) in [6.45, 7) is 0. The molecule has 0 atom stereocenters. The second-order valence-electron chi connectivity index (χ2n) is 4.98. The Balaban J connectivity index is 0.000000303. The molecule has 30 heavy (non-hydrogen) atoms. The van der Waals surface area contributed by atoms with Crippen LogP contribution < -0.4 is 4.74 Å². The van der Waals surface area contributed by atoms with Crippen LogP contribution in [0.3, 0.4) is 0 Å². The molecule has 0 aromatic heterocycles. The highest BCUT2D eigenvalue weighted by Gasteiger charge is 2.27. The fraction of sp³-hybridized carbons (Fsp3) is 0.0625. The van der Waals surface area contributed by atoms with Gasteiger partial charge in [0, 0.05) is 0 Å². The Bertz CT molecular complexity index is 979. The number of carbonyl (C=O) groups is 3. The third-order valence-corrected chi connectivity index (χ3v) is 6.01. The number of methoxy groups -OCH3 is 1. The molecule has 2 aromatic carbocycles. The Morgan fingerprint density at radius 2 is 0.967 bits per heavy atom. The third kappa shape index (κ3) is 5.48. The van der Waals surface area contributed by atoms with E-state index >= 15 is 0 Å². The Morgan fingerprint density at radius 3 is 1.23 bits per heavy atom. The smallest absolute Gasteiger partial charge is 0.341 e. The monoisotopic (exact) mass is 556 g/mol. The van der Waals surface area contributed by atoms with E-state index in [1.165, 1.54) is 13.2 Å². The quantitative estimate of drug-likeness (QED) is 0.343. The minimum atomic E-state index is -1.45. The number of aromatic carboxylic acids is 3. The van der Waals surface area contributed by atoms with Crippen molar-refractivity contribution in [3.8, 4) is 5.75 Å². The molecule has 0 aliphatic carbocycles. The molecule has 0 aliphatic rings. The van der Waals surface area contributed by atoms with Gasteiger partial charge < -0.3 is 20.1 Å². The topological polar surface area (TPSA) is 121 Å². The normalized spacial score (nSPS) is 10.1. The second-order valence-corrected chi connectivity index (χ2v) is 7.69. The van der Waals surface area contributed by atoms with Crippen LogP contribution in [-0.4, -0.2) is 40.3 Å². The minimum absolute atomic E-state index is 0.00793. The lowest BCUT2D eigenvalue weighted by Gasteiger charge is -2.10. The fourth-order valence-electron chi connectivity index (χ4n) is 1.98. The van der Waals surface area contributed by atoms with Crippen LogP contribution in [0.15, 0.2) is 6.07 Å². The van der Waals surface area contributed by atoms with Gasteiger partial charge in [0.25, 0.3) is 0 Å². The molecule has 0 amide bonds. The number of halogens is 7. The summed E-state index contributed by atoms with van der Waals surface area (Å²) in [7, 11) is 1.30. The average molecular weight is 559 g/mol. The van der Waals surface area contributed by atoms with Crippen molar-refractivity contribution in [2.45, 2.75) is 0 Å². The zero-order valence-electron chi connectivity index (χ0n) is 14.2. The zero-order valence-corrected chi connectivity index (χ0v) is 19.5. The molecule has 3 N–H and O–H groups in total. The molecule has 14 heteroatoms. The van der Waals surface area contributed by atoms with Gasteiger partial charge in [0.1, 0.15) is 5.56 Å². The molecule has 2 aromatic rings. The van der Waals surface area contributed by atoms with Crippen LogP contribution in [0.2, 0.25) is 35.2 Å². The highest BCUT2D eigenvalue weighted by Crippen LogP contribution is 2.41. The van der Waals surface area contributed by atoms with Crippen molar-refractivity contribution in [3.05, 3.63) is 57.9 Å². The van der Waals surface area contributed by atoms with E-state index in [1.807, 2.05) is 0 Å². The minimum Gasteiger partial charge on any atom is -0.494 e. The number of carboxylic acids is 3. The lowest BCUT2D eigenvalue weighted by molar-refractivity contribution is 0.0681. The van der Waals surface area contributed by atoms with E-state index in [1.54, 1.807) is 0 Å². The van der Waals surface area contributed by atoms with Crippen LogP contribution in [0.5, 0.6) is 5.75 Å². The molecule has 162 valence electrons. The lowest BCUT2D eigenvalue weighted by Crippen LogP contribution is -2.06. The van der Waals surface area contributed by atoms with Gasteiger partial charge in [-0.15, -0.1) is 0 Å². The van der Waals surface area contributed by atoms with Crippen molar-refractivity contribution in [2.24, 2.45) is 0 Å². The molecule has 0 aliphatic heterocycles. The van der Waals surface area contributed by atoms with Gasteiger partial charge in [-0.25, -0.2) is 14.4 Å². The van der Waals surface area contributed by atoms with Gasteiger partial charge in [-0.1, -0.05) is 81.2 Å². The first kappa shape index (κ1) is 26.7. The summed E-state index contributed by atoms with van der Waals surface area (Å²) in [4.78, 5) is 32.4. The Hall–Kier alpha value is -1.32. The Morgan fingerprint density at radius 1 is 0.633 bits per heavy atom. The summed E-state index contributed by atoms with van der Waals surface area (Å²) in [5.74, 6) is -4.13. The maximum Gasteiger partial charge on any atom is 0.341 e. The highest BCUT2D eigenvalue weighted by molar-refractivity contribution is 6.52. The second kappa shape index (κ2) is 10.8. The molecule has 7 nitrogen and oxygen atoms in total. The summed E-state index contributed by atoms with van der Waals surface area (Å²) in [5.41, 5.74) is -1.28. The summed E-state index contributed by atoms with van der Waals surface area (Å²) < 4.78 is 4.82. The number of hydrogen-bond acceptors (Lipinski definition) is 4. The van der Waals surface area contributed by atoms with Crippen molar-refractivity contribution in [1.29, 1.82) is 0 Å². The number of benzene rings is 2. The number of hydrogen-bond donors (Lipinski definition) is 3. The van der Waals surface area contributed by atoms with Crippen molar-refractivity contribution in [2.75, 3.05) is 7.11 Å². The molecule has 0 bridgehead atoms. The average Bonchev–Trinajstić information content (AvgIpc) is 2.62. The number of carboxylic acid groups (broad SMARTS) is 3.